The largest absolute Gasteiger partial charge is 0.466 e. The summed E-state index contributed by atoms with van der Waals surface area (Å²) in [7, 11) is 0. The van der Waals surface area contributed by atoms with Crippen molar-refractivity contribution in [2.75, 3.05) is 0 Å². The van der Waals surface area contributed by atoms with Crippen LogP contribution in [0.5, 0.6) is 0 Å². The fourth-order valence-electron chi connectivity index (χ4n) is 2.39. The van der Waals surface area contributed by atoms with Gasteiger partial charge in [-0.25, -0.2) is 0 Å². The van der Waals surface area contributed by atoms with Gasteiger partial charge in [0, 0.05) is 6.20 Å². The second-order valence-electron chi connectivity index (χ2n) is 5.30. The summed E-state index contributed by atoms with van der Waals surface area (Å²) in [6.45, 7) is 3.73. The molecule has 0 bridgehead atoms. The van der Waals surface area contributed by atoms with Gasteiger partial charge in [-0.1, -0.05) is 35.0 Å². The number of halogens is 2. The van der Waals surface area contributed by atoms with E-state index in [0.29, 0.717) is 38.4 Å². The standard InChI is InChI=1S/C15H11Cl2N5O2S/c1-7-3-10(8(2)23-7)14-20-18-12(24-14)6-25-15-21-19-13-11(17)4-9(16)5-22(13)15/h3-5H,6H2,1-2H3. The van der Waals surface area contributed by atoms with E-state index in [9.17, 15) is 0 Å². The highest BCUT2D eigenvalue weighted by Crippen LogP contribution is 2.29. The number of thioether (sulfide) groups is 1. The molecule has 128 valence electrons. The summed E-state index contributed by atoms with van der Waals surface area (Å²) in [6.07, 6.45) is 1.71. The van der Waals surface area contributed by atoms with E-state index >= 15 is 0 Å². The lowest BCUT2D eigenvalue weighted by Crippen LogP contribution is -1.89. The van der Waals surface area contributed by atoms with Crippen LogP contribution in [-0.2, 0) is 5.75 Å². The molecule has 0 fully saturated rings. The van der Waals surface area contributed by atoms with E-state index in [-0.39, 0.29) is 0 Å². The van der Waals surface area contributed by atoms with Crippen LogP contribution in [0.15, 0.2) is 32.3 Å². The average molecular weight is 396 g/mol. The molecule has 0 spiro atoms. The predicted octanol–water partition coefficient (Wildman–Crippen LogP) is 4.59. The molecule has 4 aromatic rings. The van der Waals surface area contributed by atoms with E-state index in [1.807, 2.05) is 19.9 Å². The number of hydrogen-bond donors (Lipinski definition) is 0. The molecule has 0 aliphatic carbocycles. The number of rotatable bonds is 4. The summed E-state index contributed by atoms with van der Waals surface area (Å²) in [6, 6.07) is 3.50. The molecule has 4 rings (SSSR count). The number of aromatic nitrogens is 5. The third-order valence-electron chi connectivity index (χ3n) is 3.46. The Kier molecular flexibility index (Phi) is 4.18. The van der Waals surface area contributed by atoms with Gasteiger partial charge in [-0.15, -0.1) is 20.4 Å². The topological polar surface area (TPSA) is 82.2 Å². The molecule has 0 atom stereocenters. The molecule has 0 radical (unpaired) electrons. The van der Waals surface area contributed by atoms with Gasteiger partial charge in [0.05, 0.1) is 21.4 Å². The monoisotopic (exact) mass is 395 g/mol. The number of fused-ring (bicyclic) bond motifs is 1. The molecule has 0 N–H and O–H groups in total. The van der Waals surface area contributed by atoms with Gasteiger partial charge in [-0.3, -0.25) is 4.40 Å². The maximum absolute atomic E-state index is 6.11. The first-order valence-electron chi connectivity index (χ1n) is 7.23. The molecule has 0 aliphatic rings. The highest BCUT2D eigenvalue weighted by Gasteiger charge is 2.16. The lowest BCUT2D eigenvalue weighted by atomic mass is 10.2. The van der Waals surface area contributed by atoms with Gasteiger partial charge < -0.3 is 8.83 Å². The molecule has 7 nitrogen and oxygen atoms in total. The first-order chi connectivity index (χ1) is 12.0. The van der Waals surface area contributed by atoms with Crippen molar-refractivity contribution in [2.45, 2.75) is 24.8 Å². The fraction of sp³-hybridized carbons (Fsp3) is 0.200. The SMILES string of the molecule is Cc1cc(-c2nnc(CSc3nnc4c(Cl)cc(Cl)cn34)o2)c(C)o1. The number of furan rings is 1. The maximum atomic E-state index is 6.11. The molecule has 0 amide bonds. The van der Waals surface area contributed by atoms with E-state index in [4.69, 9.17) is 32.0 Å². The summed E-state index contributed by atoms with van der Waals surface area (Å²) in [5.41, 5.74) is 1.34. The van der Waals surface area contributed by atoms with Crippen LogP contribution in [0.1, 0.15) is 17.4 Å². The van der Waals surface area contributed by atoms with Crippen LogP contribution in [0.25, 0.3) is 17.1 Å². The first kappa shape index (κ1) is 16.4. The van der Waals surface area contributed by atoms with Gasteiger partial charge in [-0.2, -0.15) is 0 Å². The minimum Gasteiger partial charge on any atom is -0.466 e. The lowest BCUT2D eigenvalue weighted by molar-refractivity contribution is 0.499. The van der Waals surface area contributed by atoms with Crippen LogP contribution in [0.4, 0.5) is 0 Å². The van der Waals surface area contributed by atoms with Crippen molar-refractivity contribution in [1.29, 1.82) is 0 Å². The van der Waals surface area contributed by atoms with Gasteiger partial charge in [0.2, 0.25) is 5.89 Å². The predicted molar refractivity (Wildman–Crippen MR) is 94.0 cm³/mol. The summed E-state index contributed by atoms with van der Waals surface area (Å²) in [4.78, 5) is 0. The van der Waals surface area contributed by atoms with Crippen molar-refractivity contribution in [1.82, 2.24) is 24.8 Å². The molecule has 25 heavy (non-hydrogen) atoms. The first-order valence-corrected chi connectivity index (χ1v) is 8.98. The Morgan fingerprint density at radius 2 is 1.92 bits per heavy atom. The Hall–Kier alpha value is -2.03. The van der Waals surface area contributed by atoms with Crippen LogP contribution in [0.2, 0.25) is 10.0 Å². The average Bonchev–Trinajstić information content (AvgIpc) is 3.24. The molecular formula is C15H11Cl2N5O2S. The molecule has 0 aromatic carbocycles. The summed E-state index contributed by atoms with van der Waals surface area (Å²) in [5.74, 6) is 2.89. The zero-order valence-corrected chi connectivity index (χ0v) is 15.5. The molecule has 0 aliphatic heterocycles. The van der Waals surface area contributed by atoms with Gasteiger partial charge >= 0.3 is 0 Å². The number of aryl methyl sites for hydroxylation is 2. The molecule has 0 unspecified atom stereocenters. The quantitative estimate of drug-likeness (QED) is 0.467. The molecule has 0 saturated carbocycles. The van der Waals surface area contributed by atoms with Gasteiger partial charge in [0.15, 0.2) is 10.8 Å². The third-order valence-corrected chi connectivity index (χ3v) is 4.87. The number of hydrogen-bond acceptors (Lipinski definition) is 7. The second kappa shape index (κ2) is 6.36. The summed E-state index contributed by atoms with van der Waals surface area (Å²) in [5, 5.41) is 17.9. The Morgan fingerprint density at radius 1 is 1.08 bits per heavy atom. The van der Waals surface area contributed by atoms with Gasteiger partial charge in [0.1, 0.15) is 11.5 Å². The minimum atomic E-state index is 0.433. The van der Waals surface area contributed by atoms with Crippen LogP contribution in [-0.4, -0.2) is 24.8 Å². The van der Waals surface area contributed by atoms with Crippen LogP contribution in [0.3, 0.4) is 0 Å². The molecule has 4 heterocycles. The van der Waals surface area contributed by atoms with Crippen molar-refractivity contribution in [2.24, 2.45) is 0 Å². The van der Waals surface area contributed by atoms with Crippen molar-refractivity contribution in [3.05, 3.63) is 45.8 Å². The Morgan fingerprint density at radius 3 is 2.68 bits per heavy atom. The highest BCUT2D eigenvalue weighted by atomic mass is 35.5. The van der Waals surface area contributed by atoms with E-state index in [2.05, 4.69) is 20.4 Å². The van der Waals surface area contributed by atoms with Crippen LogP contribution < -0.4 is 0 Å². The number of nitrogens with zero attached hydrogens (tertiary/aromatic N) is 5. The van der Waals surface area contributed by atoms with Crippen molar-refractivity contribution in [3.63, 3.8) is 0 Å². The zero-order chi connectivity index (χ0) is 17.6. The Bertz CT molecular complexity index is 1070. The maximum Gasteiger partial charge on any atom is 0.251 e. The summed E-state index contributed by atoms with van der Waals surface area (Å²) >= 11 is 13.5. The van der Waals surface area contributed by atoms with Crippen LogP contribution in [0, 0.1) is 13.8 Å². The van der Waals surface area contributed by atoms with E-state index < -0.39 is 0 Å². The molecular weight excluding hydrogens is 385 g/mol. The minimum absolute atomic E-state index is 0.433. The zero-order valence-electron chi connectivity index (χ0n) is 13.2. The van der Waals surface area contributed by atoms with Crippen molar-refractivity contribution >= 4 is 40.6 Å². The van der Waals surface area contributed by atoms with E-state index in [1.54, 1.807) is 16.7 Å². The Labute approximate surface area is 156 Å². The second-order valence-corrected chi connectivity index (χ2v) is 7.09. The molecule has 0 saturated heterocycles. The van der Waals surface area contributed by atoms with Gasteiger partial charge in [0.25, 0.3) is 5.89 Å². The van der Waals surface area contributed by atoms with Crippen LogP contribution >= 0.6 is 35.0 Å². The van der Waals surface area contributed by atoms with E-state index in [0.717, 1.165) is 17.1 Å². The summed E-state index contributed by atoms with van der Waals surface area (Å²) < 4.78 is 12.9. The Balaban J connectivity index is 1.56. The third kappa shape index (κ3) is 3.12. The highest BCUT2D eigenvalue weighted by molar-refractivity contribution is 7.98. The normalized spacial score (nSPS) is 11.5. The molecule has 4 aromatic heterocycles. The van der Waals surface area contributed by atoms with Crippen molar-refractivity contribution in [3.8, 4) is 11.5 Å². The molecule has 10 heteroatoms. The fourth-order valence-corrected chi connectivity index (χ4v) is 3.65. The van der Waals surface area contributed by atoms with E-state index in [1.165, 1.54) is 11.8 Å². The number of pyridine rings is 1. The lowest BCUT2D eigenvalue weighted by Gasteiger charge is -2.00. The van der Waals surface area contributed by atoms with Gasteiger partial charge in [-0.05, 0) is 26.0 Å². The van der Waals surface area contributed by atoms with Crippen molar-refractivity contribution < 1.29 is 8.83 Å². The smallest absolute Gasteiger partial charge is 0.251 e.